The number of carbonyl (C=O) groups excluding carboxylic acids is 2. The van der Waals surface area contributed by atoms with Gasteiger partial charge in [0, 0.05) is 0 Å². The highest BCUT2D eigenvalue weighted by atomic mass is 16.7. The highest BCUT2D eigenvalue weighted by Gasteiger charge is 2.07. The summed E-state index contributed by atoms with van der Waals surface area (Å²) in [7, 11) is 1.20. The Kier molecular flexibility index (Phi) is 4.85. The van der Waals surface area contributed by atoms with E-state index >= 15 is 0 Å². The Labute approximate surface area is 92.9 Å². The molecular formula is C11H12O5. The second-order valence-electron chi connectivity index (χ2n) is 2.84. The van der Waals surface area contributed by atoms with Crippen LogP contribution in [0, 0.1) is 0 Å². The van der Waals surface area contributed by atoms with E-state index in [1.807, 2.05) is 6.07 Å². The molecule has 0 aliphatic rings. The van der Waals surface area contributed by atoms with Gasteiger partial charge >= 0.3 is 12.1 Å². The normalized spacial score (nSPS) is 9.31. The smallest absolute Gasteiger partial charge is 0.438 e. The molecule has 0 amide bonds. The van der Waals surface area contributed by atoms with Crippen LogP contribution in [0.5, 0.6) is 5.75 Å². The van der Waals surface area contributed by atoms with Gasteiger partial charge in [-0.15, -0.1) is 0 Å². The third kappa shape index (κ3) is 4.45. The molecule has 0 aromatic heterocycles. The van der Waals surface area contributed by atoms with Crippen LogP contribution in [0.4, 0.5) is 4.79 Å². The Balaban J connectivity index is 2.24. The number of hydrogen-bond acceptors (Lipinski definition) is 5. The van der Waals surface area contributed by atoms with Crippen LogP contribution in [-0.4, -0.2) is 25.8 Å². The molecule has 16 heavy (non-hydrogen) atoms. The van der Waals surface area contributed by atoms with Gasteiger partial charge in [-0.05, 0) is 12.1 Å². The predicted octanol–water partition coefficient (Wildman–Crippen LogP) is 1.77. The number of para-hydroxylation sites is 1. The zero-order valence-corrected chi connectivity index (χ0v) is 8.84. The summed E-state index contributed by atoms with van der Waals surface area (Å²) in [6.07, 6.45) is -0.822. The number of carbonyl (C=O) groups is 2. The third-order valence-electron chi connectivity index (χ3n) is 1.67. The van der Waals surface area contributed by atoms with E-state index in [1.165, 1.54) is 7.11 Å². The Morgan fingerprint density at radius 3 is 2.50 bits per heavy atom. The van der Waals surface area contributed by atoms with Crippen molar-refractivity contribution in [1.82, 2.24) is 0 Å². The maximum atomic E-state index is 11.2. The van der Waals surface area contributed by atoms with Gasteiger partial charge in [-0.3, -0.25) is 4.79 Å². The lowest BCUT2D eigenvalue weighted by atomic mass is 10.3. The summed E-state index contributed by atoms with van der Waals surface area (Å²) in [6, 6.07) is 8.66. The molecule has 0 fully saturated rings. The van der Waals surface area contributed by atoms with Crippen LogP contribution in [0.25, 0.3) is 0 Å². The van der Waals surface area contributed by atoms with E-state index < -0.39 is 12.1 Å². The van der Waals surface area contributed by atoms with Crippen molar-refractivity contribution in [2.24, 2.45) is 0 Å². The van der Waals surface area contributed by atoms with E-state index in [-0.39, 0.29) is 13.0 Å². The summed E-state index contributed by atoms with van der Waals surface area (Å²) >= 11 is 0. The minimum atomic E-state index is -0.812. The fourth-order valence-corrected chi connectivity index (χ4v) is 0.948. The first-order valence-electron chi connectivity index (χ1n) is 4.69. The molecule has 86 valence electrons. The average Bonchev–Trinajstić information content (AvgIpc) is 2.30. The maximum Gasteiger partial charge on any atom is 0.507 e. The average molecular weight is 224 g/mol. The number of esters is 1. The standard InChI is InChI=1S/C11H12O5/c1-14-11(13)15-8-7-10(12)16-9-5-3-2-4-6-9/h2-6H,7-8H2,1H3. The number of benzene rings is 1. The summed E-state index contributed by atoms with van der Waals surface area (Å²) in [5.74, 6) is 0.000621. The number of methoxy groups -OCH3 is 1. The molecule has 0 unspecified atom stereocenters. The van der Waals surface area contributed by atoms with Gasteiger partial charge in [0.05, 0.1) is 13.5 Å². The largest absolute Gasteiger partial charge is 0.507 e. The molecule has 1 rings (SSSR count). The van der Waals surface area contributed by atoms with Crippen molar-refractivity contribution in [3.05, 3.63) is 30.3 Å². The van der Waals surface area contributed by atoms with Gasteiger partial charge in [-0.1, -0.05) is 18.2 Å². The van der Waals surface area contributed by atoms with Gasteiger partial charge in [-0.25, -0.2) is 4.79 Å². The van der Waals surface area contributed by atoms with Crippen LogP contribution in [-0.2, 0) is 14.3 Å². The van der Waals surface area contributed by atoms with Gasteiger partial charge in [0.2, 0.25) is 0 Å². The number of ether oxygens (including phenoxy) is 3. The lowest BCUT2D eigenvalue weighted by Crippen LogP contribution is -2.13. The maximum absolute atomic E-state index is 11.2. The first kappa shape index (κ1) is 12.0. The molecule has 0 saturated carbocycles. The van der Waals surface area contributed by atoms with E-state index in [0.717, 1.165) is 0 Å². The van der Waals surface area contributed by atoms with E-state index in [2.05, 4.69) is 9.47 Å². The van der Waals surface area contributed by atoms with Crippen molar-refractivity contribution in [3.63, 3.8) is 0 Å². The Bertz CT molecular complexity index is 347. The first-order chi connectivity index (χ1) is 7.72. The summed E-state index contributed by atoms with van der Waals surface area (Å²) in [4.78, 5) is 21.8. The Hall–Kier alpha value is -2.04. The zero-order valence-electron chi connectivity index (χ0n) is 8.84. The second kappa shape index (κ2) is 6.44. The van der Waals surface area contributed by atoms with Crippen LogP contribution in [0.3, 0.4) is 0 Å². The van der Waals surface area contributed by atoms with Crippen molar-refractivity contribution in [3.8, 4) is 5.75 Å². The molecule has 0 radical (unpaired) electrons. The van der Waals surface area contributed by atoms with Crippen molar-refractivity contribution >= 4 is 12.1 Å². The lowest BCUT2D eigenvalue weighted by molar-refractivity contribution is -0.135. The molecule has 0 saturated heterocycles. The molecule has 0 aliphatic carbocycles. The summed E-state index contributed by atoms with van der Waals surface area (Å²) in [5, 5.41) is 0. The highest BCUT2D eigenvalue weighted by Crippen LogP contribution is 2.09. The molecule has 5 heteroatoms. The van der Waals surface area contributed by atoms with Crippen molar-refractivity contribution in [2.45, 2.75) is 6.42 Å². The molecule has 0 N–H and O–H groups in total. The molecule has 1 aromatic carbocycles. The molecule has 1 aromatic rings. The topological polar surface area (TPSA) is 61.8 Å². The summed E-state index contributed by atoms with van der Waals surface area (Å²) < 4.78 is 13.7. The van der Waals surface area contributed by atoms with Crippen LogP contribution >= 0.6 is 0 Å². The number of rotatable bonds is 4. The van der Waals surface area contributed by atoms with Crippen LogP contribution in [0.1, 0.15) is 6.42 Å². The number of hydrogen-bond donors (Lipinski definition) is 0. The summed E-state index contributed by atoms with van der Waals surface area (Å²) in [5.41, 5.74) is 0. The van der Waals surface area contributed by atoms with Crippen LogP contribution in [0.15, 0.2) is 30.3 Å². The first-order valence-corrected chi connectivity index (χ1v) is 4.69. The molecule has 0 spiro atoms. The van der Waals surface area contributed by atoms with Crippen LogP contribution < -0.4 is 4.74 Å². The van der Waals surface area contributed by atoms with Crippen molar-refractivity contribution in [1.29, 1.82) is 0 Å². The monoisotopic (exact) mass is 224 g/mol. The van der Waals surface area contributed by atoms with Crippen LogP contribution in [0.2, 0.25) is 0 Å². The van der Waals surface area contributed by atoms with Crippen molar-refractivity contribution in [2.75, 3.05) is 13.7 Å². The minimum Gasteiger partial charge on any atom is -0.438 e. The highest BCUT2D eigenvalue weighted by molar-refractivity contribution is 5.72. The molecular weight excluding hydrogens is 212 g/mol. The van der Waals surface area contributed by atoms with Gasteiger partial charge in [0.1, 0.15) is 12.4 Å². The van der Waals surface area contributed by atoms with E-state index in [0.29, 0.717) is 5.75 Å². The van der Waals surface area contributed by atoms with Gasteiger partial charge < -0.3 is 14.2 Å². The second-order valence-corrected chi connectivity index (χ2v) is 2.84. The zero-order chi connectivity index (χ0) is 11.8. The Morgan fingerprint density at radius 2 is 1.88 bits per heavy atom. The van der Waals surface area contributed by atoms with E-state index in [4.69, 9.17) is 4.74 Å². The van der Waals surface area contributed by atoms with Gasteiger partial charge in [-0.2, -0.15) is 0 Å². The minimum absolute atomic E-state index is 0.00993. The lowest BCUT2D eigenvalue weighted by Gasteiger charge is -2.04. The van der Waals surface area contributed by atoms with Gasteiger partial charge in [0.25, 0.3) is 0 Å². The fourth-order valence-electron chi connectivity index (χ4n) is 0.948. The van der Waals surface area contributed by atoms with E-state index in [9.17, 15) is 9.59 Å². The van der Waals surface area contributed by atoms with Crippen molar-refractivity contribution < 1.29 is 23.8 Å². The summed E-state index contributed by atoms with van der Waals surface area (Å²) in [6.45, 7) is -0.0572. The molecule has 0 atom stereocenters. The van der Waals surface area contributed by atoms with Gasteiger partial charge in [0.15, 0.2) is 0 Å². The fraction of sp³-hybridized carbons (Fsp3) is 0.273. The molecule has 0 bridgehead atoms. The quantitative estimate of drug-likeness (QED) is 0.576. The Morgan fingerprint density at radius 1 is 1.19 bits per heavy atom. The molecule has 0 heterocycles. The predicted molar refractivity (Wildman–Crippen MR) is 55.1 cm³/mol. The molecule has 0 aliphatic heterocycles. The van der Waals surface area contributed by atoms with E-state index in [1.54, 1.807) is 24.3 Å². The molecule has 5 nitrogen and oxygen atoms in total. The third-order valence-corrected chi connectivity index (χ3v) is 1.67. The SMILES string of the molecule is COC(=O)OCCC(=O)Oc1ccccc1.